The Kier molecular flexibility index (Phi) is 6.22. The number of rotatable bonds is 4. The van der Waals surface area contributed by atoms with Gasteiger partial charge in [0.2, 0.25) is 0 Å². The smallest absolute Gasteiger partial charge is 0.416 e. The average molecular weight is 494 g/mol. The first-order valence-corrected chi connectivity index (χ1v) is 14.5. The molecule has 0 unspecified atom stereocenters. The average Bonchev–Trinajstić information content (AvgIpc) is 2.80. The number of halogens is 3. The Balaban J connectivity index is 2.12. The number of anilines is 1. The topological polar surface area (TPSA) is 35.2 Å². The quantitative estimate of drug-likeness (QED) is 0.227. The number of nitrogens with two attached hydrogens (primary N) is 1. The number of fused-ring (bicyclic) bond motifs is 1. The zero-order chi connectivity index (χ0) is 25.6. The summed E-state index contributed by atoms with van der Waals surface area (Å²) in [6.45, 7) is 10.8. The van der Waals surface area contributed by atoms with E-state index >= 15 is 0 Å². The molecule has 0 atom stereocenters. The molecule has 0 radical (unpaired) electrons. The fourth-order valence-corrected chi connectivity index (χ4v) is 4.98. The first kappa shape index (κ1) is 24.9. The van der Waals surface area contributed by atoms with Gasteiger partial charge in [-0.1, -0.05) is 87.5 Å². The third-order valence-electron chi connectivity index (χ3n) is 6.94. The molecule has 4 rings (SSSR count). The highest BCUT2D eigenvalue weighted by Gasteiger charge is 2.40. The monoisotopic (exact) mass is 493 g/mol. The molecule has 0 saturated heterocycles. The van der Waals surface area contributed by atoms with Gasteiger partial charge in [0.1, 0.15) is 5.75 Å². The van der Waals surface area contributed by atoms with Crippen LogP contribution < -0.4 is 10.2 Å². The van der Waals surface area contributed by atoms with E-state index in [1.165, 1.54) is 12.1 Å². The molecule has 0 aliphatic heterocycles. The summed E-state index contributed by atoms with van der Waals surface area (Å²) in [4.78, 5) is 0. The Morgan fingerprint density at radius 2 is 1.20 bits per heavy atom. The van der Waals surface area contributed by atoms with Crippen LogP contribution in [0.25, 0.3) is 33.0 Å². The molecular weight excluding hydrogens is 463 g/mol. The summed E-state index contributed by atoms with van der Waals surface area (Å²) in [6, 6.07) is 22.7. The van der Waals surface area contributed by atoms with Crippen molar-refractivity contribution in [1.29, 1.82) is 0 Å². The van der Waals surface area contributed by atoms with Crippen molar-refractivity contribution in [3.05, 3.63) is 84.4 Å². The Hall–Kier alpha value is -3.25. The van der Waals surface area contributed by atoms with Gasteiger partial charge in [0.25, 0.3) is 8.32 Å². The zero-order valence-electron chi connectivity index (χ0n) is 20.6. The first-order valence-electron chi connectivity index (χ1n) is 11.6. The predicted molar refractivity (Wildman–Crippen MR) is 142 cm³/mol. The van der Waals surface area contributed by atoms with E-state index in [2.05, 4.69) is 33.9 Å². The number of alkyl halides is 3. The van der Waals surface area contributed by atoms with Gasteiger partial charge in [0.15, 0.2) is 0 Å². The third kappa shape index (κ3) is 4.67. The van der Waals surface area contributed by atoms with Crippen LogP contribution in [0.4, 0.5) is 18.9 Å². The number of nitrogen functional groups attached to an aromatic ring is 1. The molecule has 6 heteroatoms. The Morgan fingerprint density at radius 3 is 1.74 bits per heavy atom. The minimum Gasteiger partial charge on any atom is -0.543 e. The summed E-state index contributed by atoms with van der Waals surface area (Å²) < 4.78 is 46.9. The fourth-order valence-electron chi connectivity index (χ4n) is 3.95. The molecule has 4 aromatic carbocycles. The molecular formula is C29H30F3NOSi. The minimum absolute atomic E-state index is 0.0835. The maximum atomic E-state index is 13.3. The largest absolute Gasteiger partial charge is 0.543 e. The normalized spacial score (nSPS) is 12.7. The Bertz CT molecular complexity index is 1360. The summed E-state index contributed by atoms with van der Waals surface area (Å²) in [5.74, 6) is 0.667. The van der Waals surface area contributed by atoms with E-state index in [4.69, 9.17) is 10.2 Å². The summed E-state index contributed by atoms with van der Waals surface area (Å²) >= 11 is 0. The lowest BCUT2D eigenvalue weighted by molar-refractivity contribution is -0.137. The van der Waals surface area contributed by atoms with Crippen LogP contribution in [0.15, 0.2) is 78.9 Å². The van der Waals surface area contributed by atoms with Crippen LogP contribution in [0.3, 0.4) is 0 Å². The lowest BCUT2D eigenvalue weighted by Crippen LogP contribution is -2.44. The molecule has 0 aliphatic carbocycles. The molecule has 0 bridgehead atoms. The van der Waals surface area contributed by atoms with Gasteiger partial charge in [0, 0.05) is 27.6 Å². The third-order valence-corrected chi connectivity index (χ3v) is 11.3. The number of hydrogen-bond acceptors (Lipinski definition) is 2. The van der Waals surface area contributed by atoms with Gasteiger partial charge in [-0.25, -0.2) is 0 Å². The highest BCUT2D eigenvalue weighted by molar-refractivity contribution is 6.75. The molecule has 35 heavy (non-hydrogen) atoms. The molecule has 0 heterocycles. The Labute approximate surface area is 205 Å². The maximum Gasteiger partial charge on any atom is 0.416 e. The van der Waals surface area contributed by atoms with Crippen molar-refractivity contribution in [2.75, 3.05) is 5.73 Å². The van der Waals surface area contributed by atoms with Gasteiger partial charge in [-0.2, -0.15) is 13.2 Å². The standard InChI is InChI=1S/C29H30F3NOSi/c1-28(2,3)35(4,5)34-27-23-14-10-9-13-22(23)26(33)24(19-11-7-6-8-12-19)25(27)20-15-17-21(18-16-20)29(30,31)32/h6-18H,33H2,1-5H3. The summed E-state index contributed by atoms with van der Waals surface area (Å²) in [5, 5.41) is 1.62. The molecule has 0 amide bonds. The van der Waals surface area contributed by atoms with Crippen LogP contribution in [-0.2, 0) is 6.18 Å². The van der Waals surface area contributed by atoms with Crippen molar-refractivity contribution in [3.8, 4) is 28.0 Å². The molecule has 0 spiro atoms. The fraction of sp³-hybridized carbons (Fsp3) is 0.241. The summed E-state index contributed by atoms with van der Waals surface area (Å²) in [5.41, 5.74) is 9.65. The second-order valence-corrected chi connectivity index (χ2v) is 15.1. The minimum atomic E-state index is -4.41. The van der Waals surface area contributed by atoms with Crippen molar-refractivity contribution in [1.82, 2.24) is 0 Å². The predicted octanol–water partition coefficient (Wildman–Crippen LogP) is 9.16. The lowest BCUT2D eigenvalue weighted by Gasteiger charge is -2.38. The Morgan fingerprint density at radius 1 is 0.686 bits per heavy atom. The van der Waals surface area contributed by atoms with Crippen LogP contribution in [-0.4, -0.2) is 8.32 Å². The number of hydrogen-bond donors (Lipinski definition) is 1. The highest BCUT2D eigenvalue weighted by Crippen LogP contribution is 2.51. The highest BCUT2D eigenvalue weighted by atomic mass is 28.4. The van der Waals surface area contributed by atoms with Crippen LogP contribution in [0.2, 0.25) is 18.1 Å². The van der Waals surface area contributed by atoms with E-state index in [0.29, 0.717) is 22.6 Å². The van der Waals surface area contributed by atoms with E-state index in [-0.39, 0.29) is 5.04 Å². The molecule has 0 fully saturated rings. The van der Waals surface area contributed by atoms with Crippen LogP contribution in [0.1, 0.15) is 26.3 Å². The van der Waals surface area contributed by atoms with Crippen LogP contribution >= 0.6 is 0 Å². The molecule has 182 valence electrons. The molecule has 0 saturated carbocycles. The van der Waals surface area contributed by atoms with E-state index in [0.717, 1.165) is 34.0 Å². The SMILES string of the molecule is CC(C)(C)[Si](C)(C)Oc1c(-c2ccc(C(F)(F)F)cc2)c(-c2ccccc2)c(N)c2ccccc12. The van der Waals surface area contributed by atoms with Gasteiger partial charge in [-0.3, -0.25) is 0 Å². The maximum absolute atomic E-state index is 13.3. The van der Waals surface area contributed by atoms with Gasteiger partial charge in [-0.05, 0) is 41.4 Å². The van der Waals surface area contributed by atoms with E-state index in [1.54, 1.807) is 0 Å². The zero-order valence-corrected chi connectivity index (χ0v) is 21.6. The second-order valence-electron chi connectivity index (χ2n) is 10.3. The molecule has 2 nitrogen and oxygen atoms in total. The molecule has 0 aromatic heterocycles. The van der Waals surface area contributed by atoms with Crippen LogP contribution in [0.5, 0.6) is 5.75 Å². The van der Waals surface area contributed by atoms with Gasteiger partial charge < -0.3 is 10.2 Å². The number of benzene rings is 4. The summed E-state index contributed by atoms with van der Waals surface area (Å²) in [7, 11) is -2.33. The summed E-state index contributed by atoms with van der Waals surface area (Å²) in [6.07, 6.45) is -4.41. The second kappa shape index (κ2) is 8.75. The molecule has 4 aromatic rings. The van der Waals surface area contributed by atoms with E-state index in [9.17, 15) is 13.2 Å². The van der Waals surface area contributed by atoms with Gasteiger partial charge >= 0.3 is 6.18 Å². The van der Waals surface area contributed by atoms with Crippen LogP contribution in [0, 0.1) is 0 Å². The van der Waals surface area contributed by atoms with E-state index in [1.807, 2.05) is 54.6 Å². The molecule has 2 N–H and O–H groups in total. The first-order chi connectivity index (χ1) is 16.3. The van der Waals surface area contributed by atoms with Crippen molar-refractivity contribution in [2.45, 2.75) is 45.1 Å². The lowest BCUT2D eigenvalue weighted by atomic mass is 9.88. The van der Waals surface area contributed by atoms with Crippen molar-refractivity contribution in [3.63, 3.8) is 0 Å². The van der Waals surface area contributed by atoms with Crippen molar-refractivity contribution in [2.24, 2.45) is 0 Å². The van der Waals surface area contributed by atoms with Gasteiger partial charge in [-0.15, -0.1) is 0 Å². The van der Waals surface area contributed by atoms with Crippen molar-refractivity contribution >= 4 is 24.8 Å². The van der Waals surface area contributed by atoms with Gasteiger partial charge in [0.05, 0.1) is 5.56 Å². The van der Waals surface area contributed by atoms with E-state index < -0.39 is 20.1 Å². The van der Waals surface area contributed by atoms with Crippen molar-refractivity contribution < 1.29 is 17.6 Å². The molecule has 0 aliphatic rings.